The van der Waals surface area contributed by atoms with Crippen LogP contribution in [0.25, 0.3) is 0 Å². The van der Waals surface area contributed by atoms with Gasteiger partial charge in [-0.1, -0.05) is 85.8 Å². The summed E-state index contributed by atoms with van der Waals surface area (Å²) < 4.78 is 14.0. The molecule has 12 atom stereocenters. The third kappa shape index (κ3) is 7.02. The maximum Gasteiger partial charge on any atom is 0.333 e. The zero-order chi connectivity index (χ0) is 42.1. The molecule has 11 nitrogen and oxygen atoms in total. The number of carbonyl (C=O) groups is 1. The van der Waals surface area contributed by atoms with E-state index in [4.69, 9.17) is 9.47 Å². The Morgan fingerprint density at radius 1 is 0.845 bits per heavy atom. The molecular formula is C47H74N2O9. The van der Waals surface area contributed by atoms with Crippen molar-refractivity contribution >= 4 is 5.97 Å². The number of aliphatic hydroxyl groups is 4. The molecule has 1 unspecified atom stereocenters. The van der Waals surface area contributed by atoms with Gasteiger partial charge in [0.15, 0.2) is 6.23 Å². The number of nitrogens with zero attached hydrogens (tertiary/aromatic N) is 2. The first-order valence-electron chi connectivity index (χ1n) is 22.8. The average Bonchev–Trinajstić information content (AvgIpc) is 3.45. The Morgan fingerprint density at radius 3 is 2.24 bits per heavy atom. The molecule has 58 heavy (non-hydrogen) atoms. The topological polar surface area (TPSA) is 160 Å². The summed E-state index contributed by atoms with van der Waals surface area (Å²) in [5, 5.41) is 41.0. The highest BCUT2D eigenvalue weighted by Gasteiger charge is 2.69. The molecule has 0 amide bonds. The first kappa shape index (κ1) is 43.8. The molecule has 7 rings (SSSR count). The van der Waals surface area contributed by atoms with Crippen LogP contribution in [0.4, 0.5) is 0 Å². The summed E-state index contributed by atoms with van der Waals surface area (Å²) in [4.78, 5) is 40.1. The van der Waals surface area contributed by atoms with Gasteiger partial charge in [0.1, 0.15) is 18.3 Å². The number of carbonyl (C=O) groups excluding carboxylic acids is 1. The molecule has 326 valence electrons. The molecule has 5 fully saturated rings. The van der Waals surface area contributed by atoms with Gasteiger partial charge in [-0.2, -0.15) is 0 Å². The van der Waals surface area contributed by atoms with Crippen LogP contribution in [0, 0.1) is 50.2 Å². The molecule has 11 heteroatoms. The van der Waals surface area contributed by atoms with Crippen LogP contribution in [0.3, 0.4) is 0 Å². The van der Waals surface area contributed by atoms with E-state index < -0.39 is 47.8 Å². The first-order valence-corrected chi connectivity index (χ1v) is 22.8. The lowest BCUT2D eigenvalue weighted by Crippen LogP contribution is -2.65. The van der Waals surface area contributed by atoms with Crippen LogP contribution in [-0.2, 0) is 20.8 Å². The van der Waals surface area contributed by atoms with Crippen molar-refractivity contribution in [3.63, 3.8) is 0 Å². The second-order valence-electron chi connectivity index (χ2n) is 21.7. The number of rotatable bonds is 12. The molecule has 0 bridgehead atoms. The number of hydrogen-bond acceptors (Lipinski definition) is 9. The van der Waals surface area contributed by atoms with E-state index in [0.717, 1.165) is 99.0 Å². The smallest absolute Gasteiger partial charge is 0.333 e. The summed E-state index contributed by atoms with van der Waals surface area (Å²) in [7, 11) is 0. The zero-order valence-electron chi connectivity index (χ0n) is 36.5. The first-order chi connectivity index (χ1) is 27.3. The quantitative estimate of drug-likeness (QED) is 0.103. The highest BCUT2D eigenvalue weighted by Crippen LogP contribution is 2.75. The van der Waals surface area contributed by atoms with Gasteiger partial charge in [0.25, 0.3) is 5.56 Å². The lowest BCUT2D eigenvalue weighted by molar-refractivity contribution is -0.206. The number of aliphatic hydroxyl groups excluding tert-OH is 4. The molecule has 0 radical (unpaired) electrons. The fourth-order valence-corrected chi connectivity index (χ4v) is 14.0. The van der Waals surface area contributed by atoms with Crippen LogP contribution in [0.2, 0.25) is 0 Å². The Morgan fingerprint density at radius 2 is 1.53 bits per heavy atom. The maximum atomic E-state index is 14.4. The zero-order valence-corrected chi connectivity index (χ0v) is 36.5. The molecule has 4 N–H and O–H groups in total. The molecule has 1 aromatic heterocycles. The molecule has 6 aliphatic rings. The van der Waals surface area contributed by atoms with Crippen LogP contribution < -0.4 is 11.2 Å². The minimum atomic E-state index is -1.41. The Kier molecular flexibility index (Phi) is 12.0. The van der Waals surface area contributed by atoms with Gasteiger partial charge in [-0.15, -0.1) is 0 Å². The van der Waals surface area contributed by atoms with E-state index in [0.29, 0.717) is 24.9 Å². The molecular weight excluding hydrogens is 737 g/mol. The third-order valence-corrected chi connectivity index (χ3v) is 17.9. The molecule has 4 saturated carbocycles. The van der Waals surface area contributed by atoms with Gasteiger partial charge in [-0.3, -0.25) is 18.7 Å². The van der Waals surface area contributed by atoms with Gasteiger partial charge in [0, 0.05) is 18.8 Å². The predicted molar refractivity (Wildman–Crippen MR) is 222 cm³/mol. The number of unbranched alkanes of at least 4 members (excludes halogenated alkanes) is 5. The fourth-order valence-electron chi connectivity index (χ4n) is 14.0. The normalized spacial score (nSPS) is 41.4. The second-order valence-corrected chi connectivity index (χ2v) is 21.7. The van der Waals surface area contributed by atoms with Crippen LogP contribution in [-0.4, -0.2) is 73.2 Å². The van der Waals surface area contributed by atoms with Crippen molar-refractivity contribution in [1.29, 1.82) is 0 Å². The summed E-state index contributed by atoms with van der Waals surface area (Å²) in [5.74, 6) is 1.30. The summed E-state index contributed by atoms with van der Waals surface area (Å²) in [6.45, 7) is 17.2. The number of hydrogen-bond donors (Lipinski definition) is 4. The number of allylic oxidation sites excluding steroid dienone is 2. The Labute approximate surface area is 345 Å². The van der Waals surface area contributed by atoms with E-state index >= 15 is 0 Å². The van der Waals surface area contributed by atoms with Crippen molar-refractivity contribution < 1.29 is 34.7 Å². The minimum absolute atomic E-state index is 0.0118. The van der Waals surface area contributed by atoms with Gasteiger partial charge in [0.2, 0.25) is 0 Å². The predicted octanol–water partition coefficient (Wildman–Crippen LogP) is 6.67. The van der Waals surface area contributed by atoms with Gasteiger partial charge in [-0.05, 0) is 122 Å². The monoisotopic (exact) mass is 811 g/mol. The third-order valence-electron chi connectivity index (χ3n) is 17.9. The fraction of sp³-hybridized carbons (Fsp3) is 0.851. The SMILES string of the molecule is CC1(C)CC[C@]2(C(=O)OCCCCCCCCn3c(=O)ccn([C@@H]4O[C@H](CO)[C@@H](O)[C@H]4O)c3=O)CC[C@]3(C)C(=CC[C@@H]4[C@@]5(C)CC[C@H](O)C(C)(C)C5CC[C@]43C)[C@@H]2C1. The van der Waals surface area contributed by atoms with Crippen molar-refractivity contribution in [2.24, 2.45) is 50.2 Å². The van der Waals surface area contributed by atoms with Crippen LogP contribution >= 0.6 is 0 Å². The minimum Gasteiger partial charge on any atom is -0.465 e. The van der Waals surface area contributed by atoms with E-state index in [9.17, 15) is 34.8 Å². The second kappa shape index (κ2) is 15.9. The average molecular weight is 811 g/mol. The summed E-state index contributed by atoms with van der Waals surface area (Å²) in [6.07, 6.45) is 14.0. The molecule has 1 aromatic rings. The van der Waals surface area contributed by atoms with Crippen LogP contribution in [0.5, 0.6) is 0 Å². The number of aromatic nitrogens is 2. The molecule has 0 spiro atoms. The van der Waals surface area contributed by atoms with Gasteiger partial charge in [-0.25, -0.2) is 4.79 Å². The van der Waals surface area contributed by atoms with Crippen LogP contribution in [0.1, 0.15) is 157 Å². The molecule has 1 aliphatic heterocycles. The van der Waals surface area contributed by atoms with Crippen molar-refractivity contribution in [2.45, 2.75) is 188 Å². The van der Waals surface area contributed by atoms with E-state index in [1.807, 2.05) is 0 Å². The Balaban J connectivity index is 0.932. The van der Waals surface area contributed by atoms with E-state index in [2.05, 4.69) is 54.5 Å². The number of fused-ring (bicyclic) bond motifs is 7. The van der Waals surface area contributed by atoms with Crippen molar-refractivity contribution in [3.05, 3.63) is 44.8 Å². The lowest BCUT2D eigenvalue weighted by atomic mass is 9.33. The van der Waals surface area contributed by atoms with E-state index in [1.165, 1.54) is 18.7 Å². The maximum absolute atomic E-state index is 14.4. The highest BCUT2D eigenvalue weighted by atomic mass is 16.6. The molecule has 0 aromatic carbocycles. The van der Waals surface area contributed by atoms with Gasteiger partial charge < -0.3 is 29.9 Å². The van der Waals surface area contributed by atoms with Crippen molar-refractivity contribution in [2.75, 3.05) is 13.2 Å². The Hall–Kier alpha value is -2.31. The largest absolute Gasteiger partial charge is 0.465 e. The summed E-state index contributed by atoms with van der Waals surface area (Å²) >= 11 is 0. The summed E-state index contributed by atoms with van der Waals surface area (Å²) in [6, 6.07) is 1.25. The van der Waals surface area contributed by atoms with Gasteiger partial charge in [0.05, 0.1) is 24.7 Å². The standard InChI is InChI=1S/C47H74N2O9/c1-42(2)21-23-47(24-22-45(6)30(31(47)28-42)14-15-34-44(5)19-17-35(51)43(3,4)33(44)16-20-46(34,45)7)40(55)57-27-13-11-9-8-10-12-25-48-36(52)18-26-49(41(48)56)39-38(54)37(53)32(29-50)58-39/h14,18,26,31-35,37-39,50-51,53-54H,8-13,15-17,19-25,27-29H2,1-7H3/t31-,32+,33?,34+,35-,37+,38+,39+,44-,45+,46+,47-/m0/s1. The highest BCUT2D eigenvalue weighted by molar-refractivity contribution is 5.78. The number of esters is 1. The van der Waals surface area contributed by atoms with E-state index in [1.54, 1.807) is 5.57 Å². The molecule has 1 saturated heterocycles. The summed E-state index contributed by atoms with van der Waals surface area (Å²) in [5.41, 5.74) is 0.503. The van der Waals surface area contributed by atoms with Crippen LogP contribution in [0.15, 0.2) is 33.5 Å². The van der Waals surface area contributed by atoms with Crippen molar-refractivity contribution in [1.82, 2.24) is 9.13 Å². The molecule has 2 heterocycles. The molecule has 5 aliphatic carbocycles. The Bertz CT molecular complexity index is 1830. The van der Waals surface area contributed by atoms with E-state index in [-0.39, 0.29) is 51.6 Å². The van der Waals surface area contributed by atoms with Crippen molar-refractivity contribution in [3.8, 4) is 0 Å². The number of ether oxygens (including phenoxy) is 2. The lowest BCUT2D eigenvalue weighted by Gasteiger charge is -2.71. The van der Waals surface area contributed by atoms with Gasteiger partial charge >= 0.3 is 11.7 Å².